The third-order valence-electron chi connectivity index (χ3n) is 14.0. The van der Waals surface area contributed by atoms with Crippen LogP contribution in [0.5, 0.6) is 0 Å². The molecule has 47 heteroatoms. The van der Waals surface area contributed by atoms with Crippen LogP contribution in [0, 0.1) is 66.4 Å². The number of hydrogen-bond acceptors (Lipinski definition) is 20. The molecule has 0 aromatic heterocycles. The van der Waals surface area contributed by atoms with Crippen molar-refractivity contribution >= 4 is 85.9 Å². The second-order valence-corrected chi connectivity index (χ2v) is 41.3. The quantitative estimate of drug-likeness (QED) is 0.0217. The van der Waals surface area contributed by atoms with Gasteiger partial charge in [0.2, 0.25) is 15.7 Å². The van der Waals surface area contributed by atoms with Gasteiger partial charge in [-0.1, -0.05) is 18.2 Å². The molecule has 6 aromatic rings. The zero-order chi connectivity index (χ0) is 86.4. The molecular weight excluding hydrogens is 1650 g/mol. The van der Waals surface area contributed by atoms with Crippen LogP contribution in [0.1, 0.15) is 119 Å². The van der Waals surface area contributed by atoms with Crippen LogP contribution in [0.3, 0.4) is 0 Å². The van der Waals surface area contributed by atoms with Crippen molar-refractivity contribution in [1.82, 2.24) is 0 Å². The monoisotopic (exact) mass is 1720 g/mol. The Hall–Kier alpha value is -8.02. The Morgan fingerprint density at radius 3 is 0.899 bits per heavy atom. The summed E-state index contributed by atoms with van der Waals surface area (Å²) in [6.07, 6.45) is -14.6. The van der Waals surface area contributed by atoms with Gasteiger partial charge in [0, 0.05) is 18.2 Å². The van der Waals surface area contributed by atoms with Gasteiger partial charge >= 0.3 is 24.0 Å². The van der Waals surface area contributed by atoms with Crippen molar-refractivity contribution in [3.8, 4) is 0 Å². The zero-order valence-electron chi connectivity index (χ0n) is 59.2. The maximum absolute atomic E-state index is 13.2. The molecular formula is C62H70F17N3O20S7. The fourth-order valence-electron chi connectivity index (χ4n) is 7.22. The van der Waals surface area contributed by atoms with E-state index in [0.29, 0.717) is 11.0 Å². The van der Waals surface area contributed by atoms with Gasteiger partial charge in [-0.3, -0.25) is 30.3 Å². The number of benzene rings is 6. The third-order valence-corrected chi connectivity index (χ3v) is 29.0. The number of hydrogen-bond donors (Lipinski definition) is 0. The van der Waals surface area contributed by atoms with E-state index in [-0.39, 0.29) is 38.9 Å². The minimum atomic E-state index is -5.11. The lowest BCUT2D eigenvalue weighted by molar-refractivity contribution is -0.396. The molecule has 0 unspecified atom stereocenters. The molecule has 0 spiro atoms. The molecule has 0 aliphatic heterocycles. The normalized spacial score (nSPS) is 12.6. The summed E-state index contributed by atoms with van der Waals surface area (Å²) in [5, 5.41) is 25.4. The number of nitrogens with zero attached hydrogens (tertiary/aromatic N) is 3. The Kier molecular flexibility index (Phi) is 35.5. The van der Waals surface area contributed by atoms with Crippen molar-refractivity contribution in [3.05, 3.63) is 191 Å². The molecule has 6 rings (SSSR count). The van der Waals surface area contributed by atoms with E-state index < -0.39 is 211 Å². The second kappa shape index (κ2) is 38.3. The summed E-state index contributed by atoms with van der Waals surface area (Å²) in [5.41, 5.74) is -9.86. The summed E-state index contributed by atoms with van der Waals surface area (Å²) in [6, 6.07) is 18.3. The van der Waals surface area contributed by atoms with Gasteiger partial charge in [0.05, 0.1) is 93.9 Å². The van der Waals surface area contributed by atoms with Crippen molar-refractivity contribution in [2.24, 2.45) is 0 Å². The predicted molar refractivity (Wildman–Crippen MR) is 362 cm³/mol. The van der Waals surface area contributed by atoms with Gasteiger partial charge in [-0.15, -0.1) is 0 Å². The maximum Gasteiger partial charge on any atom is 0.497 e. The second-order valence-electron chi connectivity index (χ2n) is 23.9. The van der Waals surface area contributed by atoms with Gasteiger partial charge in [-0.05, 0) is 176 Å². The molecule has 0 heterocycles. The Morgan fingerprint density at radius 2 is 0.615 bits per heavy atom. The highest BCUT2D eigenvalue weighted by Crippen LogP contribution is 2.39. The van der Waals surface area contributed by atoms with Gasteiger partial charge < -0.3 is 0 Å². The van der Waals surface area contributed by atoms with Crippen molar-refractivity contribution in [1.29, 1.82) is 0 Å². The number of halogens is 17. The number of rotatable bonds is 16. The predicted octanol–water partition coefficient (Wildman–Crippen LogP) is 16.3. The first-order chi connectivity index (χ1) is 48.7. The largest absolute Gasteiger partial charge is 0.497 e. The SMILES string of the molecule is CC(C)S(=O)(=O)C(F)(F)F.CC(C)S(=O)(=O)c1c(F)c(F)c(F)c(F)c1F.CC(C)S(=O)(=O)c1cc(C(F)(F)F)cc(C(F)(F)F)c1.CC(C)S(=O)(=O)c1ccc(C(F)(F)F)cc1.CC(C)S(=O)(=O)c1ccc([N+](=O)[O-])cc1.CC(C)S(=O)(=O)c1ccc([N+](=O)[O-])cc1[N+](=O)[O-].Cc1ccccc1S(=O)(=O)C(C)C. The number of non-ortho nitro benzene ring substituents is 2. The highest BCUT2D eigenvalue weighted by molar-refractivity contribution is 7.94. The molecule has 0 atom stereocenters. The summed E-state index contributed by atoms with van der Waals surface area (Å²) < 4.78 is 372. The summed E-state index contributed by atoms with van der Waals surface area (Å²) in [4.78, 5) is 26.5. The Labute approximate surface area is 615 Å². The first-order valence-corrected chi connectivity index (χ1v) is 41.0. The topological polar surface area (TPSA) is 368 Å². The average Bonchev–Trinajstić information content (AvgIpc) is 0.764. The maximum atomic E-state index is 13.2. The highest BCUT2D eigenvalue weighted by atomic mass is 32.2. The number of aryl methyl sites for hydroxylation is 1. The number of sulfone groups is 7. The van der Waals surface area contributed by atoms with Crippen molar-refractivity contribution < 1.29 is 148 Å². The van der Waals surface area contributed by atoms with Crippen LogP contribution in [-0.2, 0) is 87.4 Å². The summed E-state index contributed by atoms with van der Waals surface area (Å²) in [5.74, 6) is -11.6. The molecule has 0 aliphatic carbocycles. The van der Waals surface area contributed by atoms with Crippen LogP contribution in [0.2, 0.25) is 0 Å². The van der Waals surface area contributed by atoms with Gasteiger partial charge in [-0.2, -0.15) is 52.7 Å². The highest BCUT2D eigenvalue weighted by Gasteiger charge is 2.47. The van der Waals surface area contributed by atoms with Gasteiger partial charge in [0.15, 0.2) is 82.3 Å². The van der Waals surface area contributed by atoms with E-state index in [1.165, 1.54) is 65.8 Å². The van der Waals surface area contributed by atoms with Crippen LogP contribution in [0.25, 0.3) is 0 Å². The molecule has 0 fully saturated rings. The lowest BCUT2D eigenvalue weighted by atomic mass is 10.1. The van der Waals surface area contributed by atoms with Crippen LogP contribution in [0.15, 0.2) is 139 Å². The molecule has 0 saturated carbocycles. The van der Waals surface area contributed by atoms with Crippen LogP contribution in [0.4, 0.5) is 91.7 Å². The lowest BCUT2D eigenvalue weighted by Gasteiger charge is -2.15. The minimum Gasteiger partial charge on any atom is -0.258 e. The first-order valence-electron chi connectivity index (χ1n) is 30.2. The van der Waals surface area contributed by atoms with E-state index in [1.54, 1.807) is 39.8 Å². The first kappa shape index (κ1) is 101. The summed E-state index contributed by atoms with van der Waals surface area (Å²) >= 11 is 0. The van der Waals surface area contributed by atoms with Gasteiger partial charge in [0.25, 0.3) is 17.1 Å². The molecule has 0 N–H and O–H groups in total. The summed E-state index contributed by atoms with van der Waals surface area (Å²) in [6.45, 7) is 20.5. The third kappa shape index (κ3) is 26.9. The standard InChI is InChI=1S/C11H10F6O2S.C10H11F3O2S.C10H14O2S.C9H7F5O2S.C9H10N2O6S.C9H11NO4S.C4H7F3O2S/c1-6(2)20(18,19)9-4-7(10(12,13)14)3-8(5-9)11(15,16)17;1-7(2)16(14,15)9-5-3-8(4-6-9)10(11,12)13;1-8(2)13(11,12)10-7-5-4-6-9(10)3;1-3(2)17(15,16)9-7(13)5(11)4(10)6(12)8(9)14;1-6(2)18(16,17)9-4-3-7(10(12)13)5-8(9)11(14)15;1-7(2)15(13,14)9-5-3-8(4-6-9)10(11)12;1-3(2)10(8,9)4(5,6)7/h3-6H,1-2H3;3-7H,1-2H3;4-8H,1-3H3;3H,1-2H3;3-6H,1-2H3;3-7H,1-2H3;3H,1-2H3. The van der Waals surface area contributed by atoms with E-state index >= 15 is 0 Å². The van der Waals surface area contributed by atoms with E-state index in [9.17, 15) is 164 Å². The molecule has 6 aromatic carbocycles. The van der Waals surface area contributed by atoms with Crippen molar-refractivity contribution in [3.63, 3.8) is 0 Å². The molecule has 0 amide bonds. The lowest BCUT2D eigenvalue weighted by Crippen LogP contribution is -2.30. The molecule has 23 nitrogen and oxygen atoms in total. The van der Waals surface area contributed by atoms with Crippen molar-refractivity contribution in [2.75, 3.05) is 0 Å². The number of nitro benzene ring substituents is 3. The smallest absolute Gasteiger partial charge is 0.258 e. The number of nitro groups is 3. The Bertz CT molecular complexity index is 5000. The molecule has 614 valence electrons. The van der Waals surface area contributed by atoms with E-state index in [1.807, 2.05) is 19.1 Å². The minimum absolute atomic E-state index is 0.0875. The summed E-state index contributed by atoms with van der Waals surface area (Å²) in [7, 11) is -27.6. The van der Waals surface area contributed by atoms with E-state index in [4.69, 9.17) is 0 Å². The van der Waals surface area contributed by atoms with Crippen molar-refractivity contribution in [2.45, 2.75) is 194 Å². The zero-order valence-corrected chi connectivity index (χ0v) is 64.9. The van der Waals surface area contributed by atoms with E-state index in [0.717, 1.165) is 69.7 Å². The molecule has 109 heavy (non-hydrogen) atoms. The van der Waals surface area contributed by atoms with Gasteiger partial charge in [0.1, 0.15) is 9.79 Å². The molecule has 0 bridgehead atoms. The molecule has 0 saturated heterocycles. The van der Waals surface area contributed by atoms with Crippen LogP contribution < -0.4 is 0 Å². The Balaban J connectivity index is 0.00000126. The molecule has 0 radical (unpaired) electrons. The van der Waals surface area contributed by atoms with Crippen LogP contribution in [-0.4, -0.2) is 116 Å². The van der Waals surface area contributed by atoms with Gasteiger partial charge in [-0.25, -0.2) is 80.9 Å². The molecule has 0 aliphatic rings. The number of alkyl halides is 12. The fourth-order valence-corrected chi connectivity index (χ4v) is 14.6. The Morgan fingerprint density at radius 1 is 0.312 bits per heavy atom. The van der Waals surface area contributed by atoms with Crippen LogP contribution >= 0.6 is 0 Å². The van der Waals surface area contributed by atoms with E-state index in [2.05, 4.69) is 0 Å². The fraction of sp³-hybridized carbons (Fsp3) is 0.419. The average molecular weight is 1720 g/mol.